The molecule has 0 amide bonds. The maximum absolute atomic E-state index is 12.7. The standard InChI is InChI=1S/C25H20O4/c1-16-15-20(17(2)28-16)13-14-21-23(25(27)29-24(21)26)22(18-9-5-3-6-10-18)19-11-7-4-8-12-19/h3-12,14-15H,13H2,1-2H3/b21-14-. The minimum atomic E-state index is -0.621. The van der Waals surface area contributed by atoms with Gasteiger partial charge in [0.25, 0.3) is 0 Å². The summed E-state index contributed by atoms with van der Waals surface area (Å²) in [5.74, 6) is 0.371. The Labute approximate surface area is 169 Å². The molecule has 1 aliphatic rings. The predicted molar refractivity (Wildman–Crippen MR) is 110 cm³/mol. The molecule has 2 aromatic carbocycles. The molecule has 0 bridgehead atoms. The van der Waals surface area contributed by atoms with Crippen molar-refractivity contribution in [3.05, 3.63) is 112 Å². The first-order valence-corrected chi connectivity index (χ1v) is 9.42. The summed E-state index contributed by atoms with van der Waals surface area (Å²) in [6.45, 7) is 3.76. The SMILES string of the molecule is Cc1cc(C/C=C2\C(=O)OC(=O)C2=C(c2ccccc2)c2ccccc2)c(C)o1. The molecule has 0 atom stereocenters. The lowest BCUT2D eigenvalue weighted by Gasteiger charge is -2.11. The number of benzene rings is 2. The Morgan fingerprint density at radius 2 is 1.45 bits per heavy atom. The van der Waals surface area contributed by atoms with E-state index in [4.69, 9.17) is 9.15 Å². The molecule has 0 saturated carbocycles. The van der Waals surface area contributed by atoms with Gasteiger partial charge in [0.15, 0.2) is 0 Å². The molecule has 0 unspecified atom stereocenters. The molecule has 3 aromatic rings. The zero-order valence-corrected chi connectivity index (χ0v) is 16.3. The van der Waals surface area contributed by atoms with E-state index in [0.29, 0.717) is 17.6 Å². The molecule has 2 heterocycles. The number of esters is 2. The van der Waals surface area contributed by atoms with Crippen molar-refractivity contribution in [2.75, 3.05) is 0 Å². The first kappa shape index (κ1) is 18.7. The highest BCUT2D eigenvalue weighted by Gasteiger charge is 2.36. The van der Waals surface area contributed by atoms with E-state index < -0.39 is 11.9 Å². The molecule has 0 N–H and O–H groups in total. The number of hydrogen-bond donors (Lipinski definition) is 0. The highest BCUT2D eigenvalue weighted by molar-refractivity contribution is 6.23. The molecule has 4 heteroatoms. The van der Waals surface area contributed by atoms with Crippen LogP contribution in [0.15, 0.2) is 88.4 Å². The number of ether oxygens (including phenoxy) is 1. The van der Waals surface area contributed by atoms with Crippen LogP contribution in [0.1, 0.15) is 28.2 Å². The Morgan fingerprint density at radius 3 is 1.97 bits per heavy atom. The second-order valence-electron chi connectivity index (χ2n) is 6.92. The summed E-state index contributed by atoms with van der Waals surface area (Å²) >= 11 is 0. The number of allylic oxidation sites excluding steroid dienone is 1. The van der Waals surface area contributed by atoms with E-state index in [1.165, 1.54) is 0 Å². The molecule has 1 saturated heterocycles. The van der Waals surface area contributed by atoms with Crippen LogP contribution in [0.3, 0.4) is 0 Å². The lowest BCUT2D eigenvalue weighted by Crippen LogP contribution is -2.02. The summed E-state index contributed by atoms with van der Waals surface area (Å²) in [6, 6.07) is 21.1. The number of carbonyl (C=O) groups excluding carboxylic acids is 2. The largest absolute Gasteiger partial charge is 0.466 e. The van der Waals surface area contributed by atoms with Crippen LogP contribution in [0.2, 0.25) is 0 Å². The van der Waals surface area contributed by atoms with Crippen LogP contribution < -0.4 is 0 Å². The van der Waals surface area contributed by atoms with E-state index in [9.17, 15) is 9.59 Å². The quantitative estimate of drug-likeness (QED) is 0.363. The topological polar surface area (TPSA) is 56.5 Å². The predicted octanol–water partition coefficient (Wildman–Crippen LogP) is 4.95. The van der Waals surface area contributed by atoms with Gasteiger partial charge in [0.2, 0.25) is 0 Å². The maximum atomic E-state index is 12.7. The summed E-state index contributed by atoms with van der Waals surface area (Å²) in [5, 5.41) is 0. The average Bonchev–Trinajstić information content (AvgIpc) is 3.19. The molecule has 4 rings (SSSR count). The van der Waals surface area contributed by atoms with Crippen LogP contribution in [0.4, 0.5) is 0 Å². The van der Waals surface area contributed by atoms with Crippen LogP contribution in [0.5, 0.6) is 0 Å². The Morgan fingerprint density at radius 1 is 0.862 bits per heavy atom. The lowest BCUT2D eigenvalue weighted by molar-refractivity contribution is -0.149. The minimum absolute atomic E-state index is 0.288. The fourth-order valence-electron chi connectivity index (χ4n) is 3.59. The monoisotopic (exact) mass is 384 g/mol. The van der Waals surface area contributed by atoms with Gasteiger partial charge in [0, 0.05) is 5.57 Å². The molecule has 0 spiro atoms. The van der Waals surface area contributed by atoms with Crippen molar-refractivity contribution in [3.63, 3.8) is 0 Å². The van der Waals surface area contributed by atoms with Crippen molar-refractivity contribution in [2.24, 2.45) is 0 Å². The van der Waals surface area contributed by atoms with Crippen LogP contribution in [0, 0.1) is 13.8 Å². The summed E-state index contributed by atoms with van der Waals surface area (Å²) in [6.07, 6.45) is 2.23. The van der Waals surface area contributed by atoms with E-state index in [1.807, 2.05) is 80.6 Å². The summed E-state index contributed by atoms with van der Waals surface area (Å²) < 4.78 is 10.6. The van der Waals surface area contributed by atoms with Crippen LogP contribution in [-0.4, -0.2) is 11.9 Å². The maximum Gasteiger partial charge on any atom is 0.347 e. The van der Waals surface area contributed by atoms with E-state index in [0.717, 1.165) is 28.2 Å². The van der Waals surface area contributed by atoms with Crippen LogP contribution >= 0.6 is 0 Å². The lowest BCUT2D eigenvalue weighted by atomic mass is 9.90. The second kappa shape index (κ2) is 7.76. The third kappa shape index (κ3) is 3.69. The average molecular weight is 384 g/mol. The minimum Gasteiger partial charge on any atom is -0.466 e. The number of aryl methyl sites for hydroxylation is 2. The van der Waals surface area contributed by atoms with Crippen molar-refractivity contribution >= 4 is 17.5 Å². The first-order chi connectivity index (χ1) is 14.0. The van der Waals surface area contributed by atoms with Crippen LogP contribution in [-0.2, 0) is 20.7 Å². The van der Waals surface area contributed by atoms with Gasteiger partial charge in [0.05, 0.1) is 11.1 Å². The molecule has 1 aromatic heterocycles. The number of carbonyl (C=O) groups is 2. The molecule has 4 nitrogen and oxygen atoms in total. The van der Waals surface area contributed by atoms with E-state index in [-0.39, 0.29) is 5.57 Å². The fraction of sp³-hybridized carbons (Fsp3) is 0.120. The van der Waals surface area contributed by atoms with E-state index in [1.54, 1.807) is 6.08 Å². The summed E-state index contributed by atoms with van der Waals surface area (Å²) in [5.41, 5.74) is 3.94. The van der Waals surface area contributed by atoms with Crippen molar-refractivity contribution in [1.29, 1.82) is 0 Å². The summed E-state index contributed by atoms with van der Waals surface area (Å²) in [4.78, 5) is 25.2. The molecule has 1 aliphatic heterocycles. The van der Waals surface area contributed by atoms with Gasteiger partial charge < -0.3 is 9.15 Å². The van der Waals surface area contributed by atoms with Gasteiger partial charge in [0.1, 0.15) is 11.5 Å². The summed E-state index contributed by atoms with van der Waals surface area (Å²) in [7, 11) is 0. The normalized spacial score (nSPS) is 15.1. The smallest absolute Gasteiger partial charge is 0.347 e. The fourth-order valence-corrected chi connectivity index (χ4v) is 3.59. The van der Waals surface area contributed by atoms with Crippen molar-refractivity contribution in [3.8, 4) is 0 Å². The molecule has 0 radical (unpaired) electrons. The number of cyclic esters (lactones) is 2. The van der Waals surface area contributed by atoms with Crippen LogP contribution in [0.25, 0.3) is 5.57 Å². The molecule has 144 valence electrons. The third-order valence-electron chi connectivity index (χ3n) is 4.92. The zero-order chi connectivity index (χ0) is 20.4. The second-order valence-corrected chi connectivity index (χ2v) is 6.92. The van der Waals surface area contributed by atoms with Gasteiger partial charge in [-0.2, -0.15) is 0 Å². The molecule has 29 heavy (non-hydrogen) atoms. The highest BCUT2D eigenvalue weighted by Crippen LogP contribution is 2.35. The van der Waals surface area contributed by atoms with E-state index >= 15 is 0 Å². The van der Waals surface area contributed by atoms with Crippen molar-refractivity contribution in [1.82, 2.24) is 0 Å². The van der Waals surface area contributed by atoms with Gasteiger partial charge >= 0.3 is 11.9 Å². The van der Waals surface area contributed by atoms with Gasteiger partial charge in [-0.05, 0) is 43.0 Å². The number of rotatable bonds is 4. The third-order valence-corrected chi connectivity index (χ3v) is 4.92. The highest BCUT2D eigenvalue weighted by atomic mass is 16.6. The van der Waals surface area contributed by atoms with Gasteiger partial charge in [-0.25, -0.2) is 9.59 Å². The van der Waals surface area contributed by atoms with Gasteiger partial charge in [-0.3, -0.25) is 0 Å². The molecular weight excluding hydrogens is 364 g/mol. The molecular formula is C25H20O4. The van der Waals surface area contributed by atoms with Crippen molar-refractivity contribution < 1.29 is 18.7 Å². The Hall–Kier alpha value is -3.66. The number of furan rings is 1. The Balaban J connectivity index is 1.89. The van der Waals surface area contributed by atoms with Gasteiger partial charge in [-0.15, -0.1) is 0 Å². The van der Waals surface area contributed by atoms with Gasteiger partial charge in [-0.1, -0.05) is 66.7 Å². The molecule has 1 fully saturated rings. The number of hydrogen-bond acceptors (Lipinski definition) is 4. The van der Waals surface area contributed by atoms with E-state index in [2.05, 4.69) is 0 Å². The first-order valence-electron chi connectivity index (χ1n) is 9.42. The van der Waals surface area contributed by atoms with Crippen molar-refractivity contribution in [2.45, 2.75) is 20.3 Å². The zero-order valence-electron chi connectivity index (χ0n) is 16.3. The molecule has 0 aliphatic carbocycles. The Bertz CT molecular complexity index is 1090. The Kier molecular flexibility index (Phi) is 5.00.